The van der Waals surface area contributed by atoms with Crippen molar-refractivity contribution in [2.45, 2.75) is 0 Å². The van der Waals surface area contributed by atoms with Gasteiger partial charge >= 0.3 is 36.4 Å². The van der Waals surface area contributed by atoms with Crippen LogP contribution in [-0.2, 0) is 4.65 Å². The van der Waals surface area contributed by atoms with Crippen molar-refractivity contribution in [3.63, 3.8) is 0 Å². The molecular formula is CHBNOSe. The Bertz CT molecular complexity index is 49.6. The number of nitrogens with zero attached hydrogens (tertiary/aromatic N) is 1. The molecule has 0 unspecified atom stereocenters. The molecular weight excluding hydrogens is 132 g/mol. The van der Waals surface area contributed by atoms with Crippen LogP contribution in [0.25, 0.3) is 0 Å². The van der Waals surface area contributed by atoms with Crippen LogP contribution in [0.2, 0.25) is 0 Å². The number of hydrogen-bond acceptors (Lipinski definition) is 2. The fraction of sp³-hybridized carbons (Fsp3) is 0. The molecule has 1 aliphatic heterocycles. The average Bonchev–Trinajstić information content (AvgIpc) is 1.76. The first kappa shape index (κ1) is 3.25. The van der Waals surface area contributed by atoms with E-state index >= 15 is 0 Å². The summed E-state index contributed by atoms with van der Waals surface area (Å²) in [4.78, 5) is 0. The van der Waals surface area contributed by atoms with Gasteiger partial charge in [0.05, 0.1) is 0 Å². The third-order valence-corrected chi connectivity index (χ3v) is 1.11. The molecule has 0 saturated heterocycles. The fourth-order valence-electron chi connectivity index (χ4n) is 0.124. The number of rotatable bonds is 0. The Labute approximate surface area is 37.1 Å². The fourth-order valence-corrected chi connectivity index (χ4v) is 0.645. The van der Waals surface area contributed by atoms with Crippen molar-refractivity contribution in [1.29, 1.82) is 0 Å². The van der Waals surface area contributed by atoms with Crippen molar-refractivity contribution < 1.29 is 4.65 Å². The van der Waals surface area contributed by atoms with Crippen LogP contribution < -0.4 is 0 Å². The van der Waals surface area contributed by atoms with E-state index < -0.39 is 0 Å². The Hall–Kier alpha value is 0.0544. The maximum atomic E-state index is 4.56. The van der Waals surface area contributed by atoms with Gasteiger partial charge in [-0.05, 0) is 0 Å². The molecule has 0 aliphatic carbocycles. The molecule has 0 spiro atoms. The van der Waals surface area contributed by atoms with Gasteiger partial charge in [0.15, 0.2) is 0 Å². The van der Waals surface area contributed by atoms with Gasteiger partial charge in [0.1, 0.15) is 0 Å². The van der Waals surface area contributed by atoms with Crippen molar-refractivity contribution in [2.75, 3.05) is 0 Å². The van der Waals surface area contributed by atoms with Crippen LogP contribution in [0.4, 0.5) is 0 Å². The quantitative estimate of drug-likeness (QED) is 0.396. The van der Waals surface area contributed by atoms with Crippen molar-refractivity contribution in [1.82, 2.24) is 0 Å². The minimum atomic E-state index is 0.292. The van der Waals surface area contributed by atoms with Crippen LogP contribution in [0.3, 0.4) is 0 Å². The van der Waals surface area contributed by atoms with E-state index in [-0.39, 0.29) is 0 Å². The normalized spacial score (nSPS) is 17.6. The summed E-state index contributed by atoms with van der Waals surface area (Å²) in [5, 5.41) is 0. The van der Waals surface area contributed by atoms with Gasteiger partial charge in [-0.3, -0.25) is 0 Å². The van der Waals surface area contributed by atoms with Crippen molar-refractivity contribution >= 4 is 27.7 Å². The van der Waals surface area contributed by atoms with Crippen LogP contribution in [0.15, 0.2) is 4.01 Å². The SMILES string of the molecule is [B]1OC=N[Se]1. The molecule has 0 amide bonds. The Balaban J connectivity index is 2.32. The standard InChI is InChI=1S/CHBNOSe/c1-3-5-2-4-1/h1H. The topological polar surface area (TPSA) is 21.6 Å². The van der Waals surface area contributed by atoms with E-state index in [1.54, 1.807) is 6.29 Å². The second-order valence-corrected chi connectivity index (χ2v) is 1.84. The van der Waals surface area contributed by atoms with Gasteiger partial charge in [0.2, 0.25) is 0 Å². The van der Waals surface area contributed by atoms with Crippen molar-refractivity contribution in [2.24, 2.45) is 4.01 Å². The van der Waals surface area contributed by atoms with Gasteiger partial charge < -0.3 is 0 Å². The van der Waals surface area contributed by atoms with Crippen molar-refractivity contribution in [3.8, 4) is 0 Å². The summed E-state index contributed by atoms with van der Waals surface area (Å²) in [6.07, 6.45) is 3.16. The zero-order valence-electron chi connectivity index (χ0n) is 2.42. The molecule has 2 nitrogen and oxygen atoms in total. The molecule has 0 fully saturated rings. The molecule has 0 aromatic rings. The molecule has 5 heavy (non-hydrogen) atoms. The van der Waals surface area contributed by atoms with Crippen LogP contribution in [0, 0.1) is 0 Å². The zero-order chi connectivity index (χ0) is 3.54. The number of hydrogen-bond donors (Lipinski definition) is 0. The molecule has 1 radical (unpaired) electrons. The summed E-state index contributed by atoms with van der Waals surface area (Å²) < 4.78 is 8.30. The van der Waals surface area contributed by atoms with Crippen LogP contribution in [0.5, 0.6) is 0 Å². The summed E-state index contributed by atoms with van der Waals surface area (Å²) in [5.74, 6) is 0. The summed E-state index contributed by atoms with van der Waals surface area (Å²) in [7, 11) is 0. The third kappa shape index (κ3) is 0.670. The van der Waals surface area contributed by atoms with E-state index in [1.165, 1.54) is 6.40 Å². The van der Waals surface area contributed by atoms with E-state index in [9.17, 15) is 0 Å². The zero-order valence-corrected chi connectivity index (χ0v) is 4.13. The van der Waals surface area contributed by atoms with E-state index in [0.29, 0.717) is 15.0 Å². The second kappa shape index (κ2) is 1.48. The average molecular weight is 133 g/mol. The van der Waals surface area contributed by atoms with E-state index in [4.69, 9.17) is 0 Å². The maximum absolute atomic E-state index is 4.56. The predicted molar refractivity (Wildman–Crippen MR) is 21.1 cm³/mol. The van der Waals surface area contributed by atoms with E-state index in [0.717, 1.165) is 0 Å². The minimum absolute atomic E-state index is 0.292. The molecule has 0 atom stereocenters. The van der Waals surface area contributed by atoms with Gasteiger partial charge in [-0.25, -0.2) is 0 Å². The molecule has 4 heteroatoms. The van der Waals surface area contributed by atoms with Gasteiger partial charge in [-0.1, -0.05) is 0 Å². The first-order valence-electron chi connectivity index (χ1n) is 1.15. The summed E-state index contributed by atoms with van der Waals surface area (Å²) >= 11 is 0.292. The molecule has 0 saturated carbocycles. The van der Waals surface area contributed by atoms with Gasteiger partial charge in [-0.15, -0.1) is 0 Å². The first-order valence-corrected chi connectivity index (χ1v) is 2.90. The molecule has 1 aliphatic rings. The van der Waals surface area contributed by atoms with Crippen LogP contribution in [-0.4, -0.2) is 27.7 Å². The van der Waals surface area contributed by atoms with Gasteiger partial charge in [0.25, 0.3) is 0 Å². The molecule has 0 aromatic heterocycles. The predicted octanol–water partition coefficient (Wildman–Crippen LogP) is -0.802. The summed E-state index contributed by atoms with van der Waals surface area (Å²) in [6, 6.07) is 0. The Morgan fingerprint density at radius 3 is 3.20 bits per heavy atom. The van der Waals surface area contributed by atoms with Crippen LogP contribution in [0.1, 0.15) is 0 Å². The van der Waals surface area contributed by atoms with E-state index in [2.05, 4.69) is 8.66 Å². The van der Waals surface area contributed by atoms with Gasteiger partial charge in [0, 0.05) is 0 Å². The monoisotopic (exact) mass is 134 g/mol. The molecule has 0 aromatic carbocycles. The second-order valence-electron chi connectivity index (χ2n) is 0.549. The summed E-state index contributed by atoms with van der Waals surface area (Å²) in [5.41, 5.74) is 0. The Kier molecular flexibility index (Phi) is 0.963. The molecule has 0 bridgehead atoms. The molecule has 1 heterocycles. The molecule has 0 N–H and O–H groups in total. The Morgan fingerprint density at radius 2 is 3.00 bits per heavy atom. The molecule has 1 rings (SSSR count). The van der Waals surface area contributed by atoms with Crippen LogP contribution >= 0.6 is 0 Å². The van der Waals surface area contributed by atoms with Gasteiger partial charge in [-0.2, -0.15) is 0 Å². The first-order chi connectivity index (χ1) is 2.50. The molecule has 25 valence electrons. The van der Waals surface area contributed by atoms with E-state index in [1.807, 2.05) is 0 Å². The third-order valence-electron chi connectivity index (χ3n) is 0.263. The Morgan fingerprint density at radius 1 is 2.00 bits per heavy atom. The van der Waals surface area contributed by atoms with Crippen molar-refractivity contribution in [3.05, 3.63) is 0 Å². The summed E-state index contributed by atoms with van der Waals surface area (Å²) in [6.45, 7) is 0.